The van der Waals surface area contributed by atoms with Crippen LogP contribution in [0.5, 0.6) is 23.0 Å². The molecule has 69 heavy (non-hydrogen) atoms. The standard InChI is InChI=1S/C27H32ClFN4O4.C22H24ClFN4O2.2BrH/c1-27(2,3)37-26(34)33(4)17-7-9-18(10-8-17)36-24-13-19-22(14-23(24)35-5)30-15-31-25(19)32-16-6-11-21(29)20(28)12-16;1-25-13-3-6-15(7-4-13)30-21-10-16-19(11-20(21)29-2)26-12-27-22(16)28-14-5-8-18(24)17(23)9-14;;/h6,11-15,17-18H,7-10H2,1-5H3,(H,30,31,32);5,8-13,15,25H,3-4,6-7H2,1-2H3,(H,26,27,28);2*1H. The van der Waals surface area contributed by atoms with Gasteiger partial charge in [-0.1, -0.05) is 23.2 Å². The van der Waals surface area contributed by atoms with Crippen LogP contribution in [0.3, 0.4) is 0 Å². The number of ether oxygens (including phenoxy) is 5. The molecule has 2 aromatic heterocycles. The van der Waals surface area contributed by atoms with Gasteiger partial charge in [-0.2, -0.15) is 0 Å². The highest BCUT2D eigenvalue weighted by atomic mass is 79.9. The number of methoxy groups -OCH3 is 2. The lowest BCUT2D eigenvalue weighted by Gasteiger charge is -2.35. The van der Waals surface area contributed by atoms with Gasteiger partial charge in [-0.3, -0.25) is 0 Å². The van der Waals surface area contributed by atoms with Gasteiger partial charge in [0.25, 0.3) is 0 Å². The highest BCUT2D eigenvalue weighted by molar-refractivity contribution is 8.93. The first-order valence-corrected chi connectivity index (χ1v) is 22.9. The Morgan fingerprint density at radius 3 is 1.48 bits per heavy atom. The van der Waals surface area contributed by atoms with Gasteiger partial charge < -0.3 is 44.5 Å². The summed E-state index contributed by atoms with van der Waals surface area (Å²) in [7, 11) is 6.99. The highest BCUT2D eigenvalue weighted by Crippen LogP contribution is 2.39. The number of aromatic nitrogens is 4. The van der Waals surface area contributed by atoms with Crippen LogP contribution in [0.25, 0.3) is 21.8 Å². The topological polar surface area (TPSA) is 154 Å². The number of amides is 1. The van der Waals surface area contributed by atoms with E-state index in [1.165, 1.54) is 36.9 Å². The Bertz CT molecular complexity index is 2690. The average molecular weight is 1120 g/mol. The minimum absolute atomic E-state index is 0. The Morgan fingerprint density at radius 2 is 1.09 bits per heavy atom. The predicted octanol–water partition coefficient (Wildman–Crippen LogP) is 13.0. The van der Waals surface area contributed by atoms with Crippen LogP contribution < -0.4 is 34.9 Å². The first kappa shape index (κ1) is 54.9. The SMILES string of the molecule is Br.Br.CNC1CCC(Oc2cc3c(Nc4ccc(F)c(Cl)c4)ncnc3cc2OC)CC1.COc1cc2ncnc(Nc3ccc(F)c(Cl)c3)c2cc1OC1CCC(N(C)C(=O)OC(C)(C)C)CC1. The molecule has 20 heteroatoms. The van der Waals surface area contributed by atoms with E-state index in [9.17, 15) is 13.6 Å². The quantitative estimate of drug-likeness (QED) is 0.107. The first-order chi connectivity index (χ1) is 32.1. The maximum atomic E-state index is 13.6. The van der Waals surface area contributed by atoms with Gasteiger partial charge in [0.1, 0.15) is 41.5 Å². The molecule has 14 nitrogen and oxygen atoms in total. The molecule has 2 aliphatic rings. The Kier molecular flexibility index (Phi) is 19.7. The third kappa shape index (κ3) is 14.3. The molecule has 2 aliphatic carbocycles. The highest BCUT2D eigenvalue weighted by Gasteiger charge is 2.31. The van der Waals surface area contributed by atoms with Crippen LogP contribution in [0, 0.1) is 11.6 Å². The van der Waals surface area contributed by atoms with Crippen molar-refractivity contribution in [2.45, 2.75) is 102 Å². The van der Waals surface area contributed by atoms with Gasteiger partial charge in [-0.15, -0.1) is 34.0 Å². The summed E-state index contributed by atoms with van der Waals surface area (Å²) in [4.78, 5) is 31.6. The number of nitrogens with zero attached hydrogens (tertiary/aromatic N) is 5. The summed E-state index contributed by atoms with van der Waals surface area (Å²) >= 11 is 11.8. The van der Waals surface area contributed by atoms with Crippen LogP contribution in [-0.4, -0.2) is 89.1 Å². The minimum atomic E-state index is -0.529. The fourth-order valence-corrected chi connectivity index (χ4v) is 8.47. The van der Waals surface area contributed by atoms with E-state index in [1.807, 2.05) is 46.0 Å². The Labute approximate surface area is 432 Å². The predicted molar refractivity (Wildman–Crippen MR) is 279 cm³/mol. The van der Waals surface area contributed by atoms with Crippen molar-refractivity contribution in [2.24, 2.45) is 0 Å². The van der Waals surface area contributed by atoms with Gasteiger partial charge in [0.05, 0.1) is 47.5 Å². The molecule has 3 N–H and O–H groups in total. The third-order valence-electron chi connectivity index (χ3n) is 11.7. The van der Waals surface area contributed by atoms with E-state index in [-0.39, 0.29) is 68.4 Å². The lowest BCUT2D eigenvalue weighted by atomic mass is 9.92. The van der Waals surface area contributed by atoms with E-state index in [2.05, 4.69) is 35.9 Å². The van der Waals surface area contributed by atoms with E-state index in [0.29, 0.717) is 63.1 Å². The molecule has 372 valence electrons. The summed E-state index contributed by atoms with van der Waals surface area (Å²) in [6.45, 7) is 5.59. The number of anilines is 4. The van der Waals surface area contributed by atoms with Crippen molar-refractivity contribution in [3.63, 3.8) is 0 Å². The average Bonchev–Trinajstić information content (AvgIpc) is 3.31. The lowest BCUT2D eigenvalue weighted by Crippen LogP contribution is -2.43. The van der Waals surface area contributed by atoms with Crippen LogP contribution in [0.1, 0.15) is 72.1 Å². The van der Waals surface area contributed by atoms with Crippen molar-refractivity contribution in [2.75, 3.05) is 38.9 Å². The molecule has 0 spiro atoms. The Balaban J connectivity index is 0.000000255. The van der Waals surface area contributed by atoms with Gasteiger partial charge in [0, 0.05) is 53.4 Å². The van der Waals surface area contributed by atoms with Crippen molar-refractivity contribution >= 4 is 108 Å². The van der Waals surface area contributed by atoms with E-state index in [1.54, 1.807) is 44.4 Å². The molecule has 0 saturated heterocycles. The monoisotopic (exact) mass is 1120 g/mol. The third-order valence-corrected chi connectivity index (χ3v) is 12.3. The van der Waals surface area contributed by atoms with Gasteiger partial charge in [-0.25, -0.2) is 33.5 Å². The number of fused-ring (bicyclic) bond motifs is 2. The van der Waals surface area contributed by atoms with Crippen molar-refractivity contribution in [3.8, 4) is 23.0 Å². The van der Waals surface area contributed by atoms with Crippen LogP contribution in [0.2, 0.25) is 10.0 Å². The number of carbonyl (C=O) groups excluding carboxylic acids is 1. The maximum Gasteiger partial charge on any atom is 0.410 e. The normalized spacial score (nSPS) is 17.8. The fraction of sp³-hybridized carbons (Fsp3) is 0.408. The summed E-state index contributed by atoms with van der Waals surface area (Å²) in [5, 5.41) is 11.3. The largest absolute Gasteiger partial charge is 0.493 e. The summed E-state index contributed by atoms with van der Waals surface area (Å²) in [6, 6.07) is 16.9. The summed E-state index contributed by atoms with van der Waals surface area (Å²) < 4.78 is 56.4. The molecular formula is C49H58Br2Cl2F2N8O6. The smallest absolute Gasteiger partial charge is 0.410 e. The molecule has 6 aromatic rings. The number of nitrogens with one attached hydrogen (secondary N) is 3. The Morgan fingerprint density at radius 1 is 0.652 bits per heavy atom. The first-order valence-electron chi connectivity index (χ1n) is 22.2. The number of carbonyl (C=O) groups is 1. The van der Waals surface area contributed by atoms with Crippen molar-refractivity contribution < 1.29 is 37.3 Å². The van der Waals surface area contributed by atoms with E-state index in [0.717, 1.165) is 62.1 Å². The summed E-state index contributed by atoms with van der Waals surface area (Å²) in [5.41, 5.74) is 2.07. The van der Waals surface area contributed by atoms with Crippen LogP contribution in [0.4, 0.5) is 36.6 Å². The molecule has 2 saturated carbocycles. The second-order valence-corrected chi connectivity index (χ2v) is 18.3. The zero-order valence-corrected chi connectivity index (χ0v) is 44.3. The molecule has 0 radical (unpaired) electrons. The maximum absolute atomic E-state index is 13.6. The lowest BCUT2D eigenvalue weighted by molar-refractivity contribution is 0.0138. The van der Waals surface area contributed by atoms with E-state index in [4.69, 9.17) is 46.9 Å². The molecular weight excluding hydrogens is 1070 g/mol. The van der Waals surface area contributed by atoms with Gasteiger partial charge in [-0.05, 0) is 128 Å². The molecule has 2 heterocycles. The second-order valence-electron chi connectivity index (χ2n) is 17.5. The number of hydrogen-bond donors (Lipinski definition) is 3. The molecule has 0 atom stereocenters. The molecule has 1 amide bonds. The molecule has 2 fully saturated rings. The van der Waals surface area contributed by atoms with Crippen molar-refractivity contribution in [3.05, 3.63) is 95.0 Å². The molecule has 4 aromatic carbocycles. The summed E-state index contributed by atoms with van der Waals surface area (Å²) in [6.07, 6.45) is 10.0. The second kappa shape index (κ2) is 24.7. The summed E-state index contributed by atoms with van der Waals surface area (Å²) in [5.74, 6) is 2.58. The fourth-order valence-electron chi connectivity index (χ4n) is 8.11. The van der Waals surface area contributed by atoms with Gasteiger partial charge in [0.2, 0.25) is 0 Å². The van der Waals surface area contributed by atoms with E-state index < -0.39 is 17.2 Å². The zero-order chi connectivity index (χ0) is 47.8. The van der Waals surface area contributed by atoms with Crippen molar-refractivity contribution in [1.82, 2.24) is 30.2 Å². The van der Waals surface area contributed by atoms with Crippen LogP contribution >= 0.6 is 57.2 Å². The molecule has 0 unspecified atom stereocenters. The zero-order valence-electron chi connectivity index (χ0n) is 39.4. The molecule has 8 rings (SSSR count). The van der Waals surface area contributed by atoms with Gasteiger partial charge >= 0.3 is 6.09 Å². The van der Waals surface area contributed by atoms with Crippen LogP contribution in [0.15, 0.2) is 73.3 Å². The Hall–Kier alpha value is -5.01. The van der Waals surface area contributed by atoms with Gasteiger partial charge in [0.15, 0.2) is 23.0 Å². The number of hydrogen-bond acceptors (Lipinski definition) is 13. The van der Waals surface area contributed by atoms with E-state index >= 15 is 0 Å². The molecule has 0 bridgehead atoms. The minimum Gasteiger partial charge on any atom is -0.493 e. The number of rotatable bonds is 12. The van der Waals surface area contributed by atoms with Crippen molar-refractivity contribution in [1.29, 1.82) is 0 Å². The van der Waals surface area contributed by atoms with Crippen LogP contribution in [-0.2, 0) is 4.74 Å². The number of halogens is 6. The molecule has 0 aliphatic heterocycles. The number of benzene rings is 4.